The van der Waals surface area contributed by atoms with Gasteiger partial charge in [0.2, 0.25) is 0 Å². The minimum Gasteiger partial charge on any atom is -0.379 e. The van der Waals surface area contributed by atoms with Crippen LogP contribution in [0.5, 0.6) is 0 Å². The van der Waals surface area contributed by atoms with E-state index in [-0.39, 0.29) is 0 Å². The van der Waals surface area contributed by atoms with Crippen LogP contribution in [0.25, 0.3) is 0 Å². The van der Waals surface area contributed by atoms with E-state index in [0.29, 0.717) is 12.1 Å². The number of nitrogens with zero attached hydrogens (tertiary/aromatic N) is 2. The third-order valence-electron chi connectivity index (χ3n) is 3.99. The summed E-state index contributed by atoms with van der Waals surface area (Å²) in [5.74, 6) is 0. The molecule has 2 aliphatic heterocycles. The molecule has 1 aromatic carbocycles. The van der Waals surface area contributed by atoms with Gasteiger partial charge in [0, 0.05) is 26.7 Å². The van der Waals surface area contributed by atoms with Gasteiger partial charge in [-0.2, -0.15) is 5.06 Å². The zero-order valence-electron chi connectivity index (χ0n) is 11.5. The van der Waals surface area contributed by atoms with Crippen molar-refractivity contribution in [3.05, 3.63) is 35.9 Å². The Bertz CT molecular complexity index is 392. The van der Waals surface area contributed by atoms with Gasteiger partial charge in [-0.05, 0) is 12.0 Å². The monoisotopic (exact) mass is 262 g/mol. The fourth-order valence-electron chi connectivity index (χ4n) is 2.95. The van der Waals surface area contributed by atoms with Crippen molar-refractivity contribution in [2.75, 3.05) is 39.9 Å². The number of morpholine rings is 1. The summed E-state index contributed by atoms with van der Waals surface area (Å²) in [6.45, 7) is 4.77. The van der Waals surface area contributed by atoms with Crippen LogP contribution in [0, 0.1) is 0 Å². The molecule has 0 aliphatic carbocycles. The fraction of sp³-hybridized carbons (Fsp3) is 0.600. The summed E-state index contributed by atoms with van der Waals surface area (Å²) in [6, 6.07) is 11.0. The molecule has 104 valence electrons. The van der Waals surface area contributed by atoms with Crippen molar-refractivity contribution in [3.8, 4) is 0 Å². The Morgan fingerprint density at radius 3 is 2.63 bits per heavy atom. The van der Waals surface area contributed by atoms with Crippen molar-refractivity contribution in [2.24, 2.45) is 0 Å². The van der Waals surface area contributed by atoms with Gasteiger partial charge in [0.05, 0.1) is 25.4 Å². The number of hydrogen-bond donors (Lipinski definition) is 0. The second-order valence-corrected chi connectivity index (χ2v) is 5.35. The molecule has 0 spiro atoms. The maximum absolute atomic E-state index is 5.98. The van der Waals surface area contributed by atoms with E-state index < -0.39 is 0 Å². The predicted molar refractivity (Wildman–Crippen MR) is 73.7 cm³/mol. The zero-order valence-corrected chi connectivity index (χ0v) is 11.5. The molecular formula is C15H22N2O2. The van der Waals surface area contributed by atoms with Crippen molar-refractivity contribution >= 4 is 0 Å². The molecule has 0 saturated carbocycles. The van der Waals surface area contributed by atoms with E-state index in [9.17, 15) is 0 Å². The average molecular weight is 262 g/mol. The summed E-state index contributed by atoms with van der Waals surface area (Å²) in [5, 5.41) is 2.01. The molecule has 4 nitrogen and oxygen atoms in total. The highest BCUT2D eigenvalue weighted by Crippen LogP contribution is 2.32. The first-order valence-corrected chi connectivity index (χ1v) is 7.07. The van der Waals surface area contributed by atoms with Crippen LogP contribution in [0.1, 0.15) is 18.0 Å². The Morgan fingerprint density at radius 2 is 1.89 bits per heavy atom. The van der Waals surface area contributed by atoms with E-state index in [0.717, 1.165) is 39.3 Å². The number of rotatable bonds is 3. The van der Waals surface area contributed by atoms with E-state index in [1.54, 1.807) is 0 Å². The molecular weight excluding hydrogens is 240 g/mol. The lowest BCUT2D eigenvalue weighted by Gasteiger charge is -2.28. The van der Waals surface area contributed by atoms with Gasteiger partial charge in [-0.1, -0.05) is 30.3 Å². The van der Waals surface area contributed by atoms with Crippen molar-refractivity contribution in [1.29, 1.82) is 0 Å². The van der Waals surface area contributed by atoms with Gasteiger partial charge in [0.1, 0.15) is 0 Å². The highest BCUT2D eigenvalue weighted by atomic mass is 16.7. The number of hydrogen-bond acceptors (Lipinski definition) is 4. The molecule has 0 N–H and O–H groups in total. The van der Waals surface area contributed by atoms with Crippen LogP contribution in [0.2, 0.25) is 0 Å². The van der Waals surface area contributed by atoms with Gasteiger partial charge < -0.3 is 4.74 Å². The molecule has 0 bridgehead atoms. The first-order chi connectivity index (χ1) is 9.33. The first-order valence-electron chi connectivity index (χ1n) is 7.07. The zero-order chi connectivity index (χ0) is 13.1. The molecule has 4 heteroatoms. The Balaban J connectivity index is 1.58. The first kappa shape index (κ1) is 13.1. The molecule has 0 aromatic heterocycles. The SMILES string of the molecule is CN1OC(CN2CCOCC2)CC1c1ccccc1. The topological polar surface area (TPSA) is 24.9 Å². The quantitative estimate of drug-likeness (QED) is 0.827. The highest BCUT2D eigenvalue weighted by molar-refractivity contribution is 5.19. The molecule has 2 fully saturated rings. The molecule has 2 aliphatic rings. The van der Waals surface area contributed by atoms with Crippen molar-refractivity contribution in [1.82, 2.24) is 9.96 Å². The molecule has 19 heavy (non-hydrogen) atoms. The van der Waals surface area contributed by atoms with Crippen LogP contribution < -0.4 is 0 Å². The maximum Gasteiger partial charge on any atom is 0.0939 e. The van der Waals surface area contributed by atoms with Crippen LogP contribution in [0.3, 0.4) is 0 Å². The lowest BCUT2D eigenvalue weighted by atomic mass is 10.0. The van der Waals surface area contributed by atoms with Gasteiger partial charge in [0.15, 0.2) is 0 Å². The van der Waals surface area contributed by atoms with Gasteiger partial charge in [-0.25, -0.2) is 0 Å². The van der Waals surface area contributed by atoms with Crippen molar-refractivity contribution in [3.63, 3.8) is 0 Å². The van der Waals surface area contributed by atoms with Crippen molar-refractivity contribution < 1.29 is 9.57 Å². The summed E-state index contributed by atoms with van der Waals surface area (Å²) >= 11 is 0. The van der Waals surface area contributed by atoms with E-state index in [4.69, 9.17) is 9.57 Å². The minimum absolute atomic E-state index is 0.299. The lowest BCUT2D eigenvalue weighted by Crippen LogP contribution is -2.41. The summed E-state index contributed by atoms with van der Waals surface area (Å²) in [4.78, 5) is 8.42. The smallest absolute Gasteiger partial charge is 0.0939 e. The molecule has 2 unspecified atom stereocenters. The van der Waals surface area contributed by atoms with E-state index >= 15 is 0 Å². The summed E-state index contributed by atoms with van der Waals surface area (Å²) < 4.78 is 5.38. The van der Waals surface area contributed by atoms with Crippen LogP contribution in [-0.2, 0) is 9.57 Å². The third kappa shape index (κ3) is 3.15. The lowest BCUT2D eigenvalue weighted by molar-refractivity contribution is -0.151. The van der Waals surface area contributed by atoms with E-state index in [2.05, 4.69) is 35.2 Å². The number of benzene rings is 1. The van der Waals surface area contributed by atoms with Gasteiger partial charge in [-0.3, -0.25) is 9.74 Å². The van der Waals surface area contributed by atoms with Crippen LogP contribution >= 0.6 is 0 Å². The van der Waals surface area contributed by atoms with Gasteiger partial charge in [0.25, 0.3) is 0 Å². The van der Waals surface area contributed by atoms with Gasteiger partial charge >= 0.3 is 0 Å². The third-order valence-corrected chi connectivity index (χ3v) is 3.99. The van der Waals surface area contributed by atoms with E-state index in [1.807, 2.05) is 12.1 Å². The molecule has 1 aromatic rings. The second kappa shape index (κ2) is 6.01. The molecule has 0 amide bonds. The Labute approximate surface area is 114 Å². The molecule has 3 rings (SSSR count). The van der Waals surface area contributed by atoms with Crippen LogP contribution in [0.15, 0.2) is 30.3 Å². The number of hydroxylamine groups is 2. The van der Waals surface area contributed by atoms with Crippen LogP contribution in [0.4, 0.5) is 0 Å². The van der Waals surface area contributed by atoms with E-state index in [1.165, 1.54) is 5.56 Å². The van der Waals surface area contributed by atoms with Gasteiger partial charge in [-0.15, -0.1) is 0 Å². The molecule has 2 heterocycles. The Hall–Kier alpha value is -0.940. The van der Waals surface area contributed by atoms with Crippen LogP contribution in [-0.4, -0.2) is 56.0 Å². The largest absolute Gasteiger partial charge is 0.379 e. The maximum atomic E-state index is 5.98. The second-order valence-electron chi connectivity index (χ2n) is 5.35. The number of ether oxygens (including phenoxy) is 1. The standard InChI is InChI=1S/C15H22N2O2/c1-16-15(13-5-3-2-4-6-13)11-14(19-16)12-17-7-9-18-10-8-17/h2-6,14-15H,7-12H2,1H3. The summed E-state index contributed by atoms with van der Waals surface area (Å²) in [7, 11) is 2.04. The molecule has 2 atom stereocenters. The Morgan fingerprint density at radius 1 is 1.16 bits per heavy atom. The predicted octanol–water partition coefficient (Wildman–Crippen LogP) is 1.70. The molecule has 2 saturated heterocycles. The Kier molecular flexibility index (Phi) is 4.13. The average Bonchev–Trinajstić information content (AvgIpc) is 2.82. The van der Waals surface area contributed by atoms with Crippen molar-refractivity contribution in [2.45, 2.75) is 18.6 Å². The fourth-order valence-corrected chi connectivity index (χ4v) is 2.95. The highest BCUT2D eigenvalue weighted by Gasteiger charge is 2.33. The summed E-state index contributed by atoms with van der Waals surface area (Å²) in [6.07, 6.45) is 1.37. The normalized spacial score (nSPS) is 29.7. The minimum atomic E-state index is 0.299. The summed E-state index contributed by atoms with van der Waals surface area (Å²) in [5.41, 5.74) is 1.34. The molecule has 0 radical (unpaired) electrons.